The topological polar surface area (TPSA) is 112 Å². The Hall–Kier alpha value is -4.17. The Balaban J connectivity index is 1.41. The molecular weight excluding hydrogens is 562 g/mol. The summed E-state index contributed by atoms with van der Waals surface area (Å²) in [7, 11) is 2.44. The number of methoxy groups -OCH3 is 2. The zero-order chi connectivity index (χ0) is 30.4. The molecule has 0 spiro atoms. The highest BCUT2D eigenvalue weighted by molar-refractivity contribution is 6.01. The first-order chi connectivity index (χ1) is 20.1. The molecule has 42 heavy (non-hydrogen) atoms. The molecule has 3 N–H and O–H groups in total. The number of hydrogen-bond donors (Lipinski definition) is 3. The van der Waals surface area contributed by atoms with E-state index < -0.39 is 47.3 Å². The molecule has 14 heteroatoms. The highest BCUT2D eigenvalue weighted by Gasteiger charge is 2.43. The molecule has 2 aromatic carbocycles. The van der Waals surface area contributed by atoms with Crippen LogP contribution in [0.25, 0.3) is 0 Å². The number of amides is 4. The van der Waals surface area contributed by atoms with Crippen molar-refractivity contribution in [3.63, 3.8) is 0 Å². The van der Waals surface area contributed by atoms with Crippen molar-refractivity contribution >= 4 is 23.7 Å². The van der Waals surface area contributed by atoms with Gasteiger partial charge in [-0.2, -0.15) is 0 Å². The van der Waals surface area contributed by atoms with Crippen LogP contribution in [0.5, 0.6) is 0 Å². The Kier molecular flexibility index (Phi) is 10.0. The van der Waals surface area contributed by atoms with Gasteiger partial charge in [-0.25, -0.2) is 36.8 Å². The lowest BCUT2D eigenvalue weighted by molar-refractivity contribution is -0.137. The zero-order valence-corrected chi connectivity index (χ0v) is 23.0. The van der Waals surface area contributed by atoms with Crippen LogP contribution in [-0.2, 0) is 14.3 Å². The minimum atomic E-state index is -1.43. The molecule has 1 unspecified atom stereocenters. The number of ether oxygens (including phenoxy) is 2. The van der Waals surface area contributed by atoms with Gasteiger partial charge in [0.05, 0.1) is 30.7 Å². The molecule has 0 bridgehead atoms. The number of carbonyl (C=O) groups is 3. The minimum Gasteiger partial charge on any atom is -0.466 e. The van der Waals surface area contributed by atoms with E-state index in [1.54, 1.807) is 0 Å². The van der Waals surface area contributed by atoms with Gasteiger partial charge in [-0.15, -0.1) is 0 Å². The molecule has 226 valence electrons. The van der Waals surface area contributed by atoms with E-state index in [0.29, 0.717) is 43.1 Å². The smallest absolute Gasteiger partial charge is 0.338 e. The summed E-state index contributed by atoms with van der Waals surface area (Å²) in [6, 6.07) is 3.13. The standard InChI is InChI=1S/C28H31F4N5O5/c1-41-15-22-24(26(38)42-2)25(16-3-5-19(30)20(31)13-16)37(28(40)35-22)27(39)34-10-9-33-18-7-11-36(12-8-18)23-6-4-17(29)14-21(23)32/h3-6,13-14,18,25,33H,7-12,15H2,1-2H3,(H,34,39)(H,35,40). The number of nitrogens with zero attached hydrogens (tertiary/aromatic N) is 2. The third-order valence-corrected chi connectivity index (χ3v) is 7.09. The molecule has 1 fully saturated rings. The van der Waals surface area contributed by atoms with E-state index in [0.717, 1.165) is 25.3 Å². The Morgan fingerprint density at radius 2 is 1.71 bits per heavy atom. The van der Waals surface area contributed by atoms with Crippen molar-refractivity contribution in [1.29, 1.82) is 0 Å². The Labute approximate surface area is 239 Å². The quantitative estimate of drug-likeness (QED) is 0.232. The fourth-order valence-electron chi connectivity index (χ4n) is 5.07. The summed E-state index contributed by atoms with van der Waals surface area (Å²) in [4.78, 5) is 41.6. The van der Waals surface area contributed by atoms with E-state index in [4.69, 9.17) is 9.47 Å². The molecule has 0 aromatic heterocycles. The van der Waals surface area contributed by atoms with E-state index in [1.165, 1.54) is 25.3 Å². The lowest BCUT2D eigenvalue weighted by Gasteiger charge is -2.37. The highest BCUT2D eigenvalue weighted by Crippen LogP contribution is 2.35. The summed E-state index contributed by atoms with van der Waals surface area (Å²) in [6.07, 6.45) is 1.35. The predicted molar refractivity (Wildman–Crippen MR) is 143 cm³/mol. The van der Waals surface area contributed by atoms with E-state index in [2.05, 4.69) is 16.0 Å². The van der Waals surface area contributed by atoms with Crippen molar-refractivity contribution in [2.75, 3.05) is 51.9 Å². The van der Waals surface area contributed by atoms with Crippen LogP contribution in [0, 0.1) is 23.3 Å². The van der Waals surface area contributed by atoms with Crippen LogP contribution in [0.1, 0.15) is 24.4 Å². The molecule has 0 saturated carbocycles. The molecular formula is C28H31F4N5O5. The SMILES string of the molecule is COCC1=C(C(=O)OC)C(c2ccc(F)c(F)c2)N(C(=O)NCCNC2CCN(c3ccc(F)cc3F)CC2)C(=O)N1. The van der Waals surface area contributed by atoms with Gasteiger partial charge in [0, 0.05) is 45.4 Å². The lowest BCUT2D eigenvalue weighted by atomic mass is 9.93. The first kappa shape index (κ1) is 30.8. The van der Waals surface area contributed by atoms with Gasteiger partial charge in [0.25, 0.3) is 0 Å². The van der Waals surface area contributed by atoms with Gasteiger partial charge < -0.3 is 30.3 Å². The highest BCUT2D eigenvalue weighted by atomic mass is 19.2. The number of imide groups is 1. The number of urea groups is 2. The van der Waals surface area contributed by atoms with Crippen LogP contribution in [-0.4, -0.2) is 76.0 Å². The van der Waals surface area contributed by atoms with Crippen LogP contribution in [0.3, 0.4) is 0 Å². The Bertz CT molecular complexity index is 1370. The number of hydrogen-bond acceptors (Lipinski definition) is 7. The first-order valence-electron chi connectivity index (χ1n) is 13.2. The van der Waals surface area contributed by atoms with Gasteiger partial charge in [-0.3, -0.25) is 0 Å². The van der Waals surface area contributed by atoms with Gasteiger partial charge in [-0.1, -0.05) is 6.07 Å². The third-order valence-electron chi connectivity index (χ3n) is 7.09. The molecule has 2 heterocycles. The summed E-state index contributed by atoms with van der Waals surface area (Å²) in [5.74, 6) is -4.53. The van der Waals surface area contributed by atoms with Gasteiger partial charge in [0.15, 0.2) is 11.6 Å². The van der Waals surface area contributed by atoms with Gasteiger partial charge >= 0.3 is 18.0 Å². The lowest BCUT2D eigenvalue weighted by Crippen LogP contribution is -2.56. The largest absolute Gasteiger partial charge is 0.466 e. The number of carbonyl (C=O) groups excluding carboxylic acids is 3. The fraction of sp³-hybridized carbons (Fsp3) is 0.393. The molecule has 2 aliphatic heterocycles. The van der Waals surface area contributed by atoms with Gasteiger partial charge in [-0.05, 0) is 42.7 Å². The van der Waals surface area contributed by atoms with Crippen LogP contribution in [0.2, 0.25) is 0 Å². The molecule has 0 radical (unpaired) electrons. The van der Waals surface area contributed by atoms with Crippen LogP contribution in [0.4, 0.5) is 32.8 Å². The fourth-order valence-corrected chi connectivity index (χ4v) is 5.07. The minimum absolute atomic E-state index is 0.0154. The van der Waals surface area contributed by atoms with Crippen molar-refractivity contribution < 1.29 is 41.4 Å². The molecule has 0 aliphatic carbocycles. The molecule has 1 saturated heterocycles. The van der Waals surface area contributed by atoms with Crippen molar-refractivity contribution in [2.45, 2.75) is 24.9 Å². The second-order valence-electron chi connectivity index (χ2n) is 9.74. The molecule has 10 nitrogen and oxygen atoms in total. The van der Waals surface area contributed by atoms with Crippen molar-refractivity contribution in [2.24, 2.45) is 0 Å². The predicted octanol–water partition coefficient (Wildman–Crippen LogP) is 3.35. The molecule has 2 aromatic rings. The maximum atomic E-state index is 14.2. The van der Waals surface area contributed by atoms with E-state index in [-0.39, 0.29) is 36.0 Å². The number of anilines is 1. The van der Waals surface area contributed by atoms with E-state index >= 15 is 0 Å². The molecule has 4 rings (SSSR count). The number of rotatable bonds is 9. The molecule has 1 atom stereocenters. The zero-order valence-electron chi connectivity index (χ0n) is 23.0. The monoisotopic (exact) mass is 593 g/mol. The number of piperidine rings is 1. The maximum Gasteiger partial charge on any atom is 0.338 e. The van der Waals surface area contributed by atoms with Gasteiger partial charge in [0.2, 0.25) is 0 Å². The van der Waals surface area contributed by atoms with Crippen LogP contribution >= 0.6 is 0 Å². The Morgan fingerprint density at radius 1 is 0.976 bits per heavy atom. The van der Waals surface area contributed by atoms with E-state index in [9.17, 15) is 31.9 Å². The maximum absolute atomic E-state index is 14.2. The summed E-state index contributed by atoms with van der Waals surface area (Å²) < 4.78 is 65.2. The van der Waals surface area contributed by atoms with Crippen LogP contribution < -0.4 is 20.9 Å². The summed E-state index contributed by atoms with van der Waals surface area (Å²) in [6.45, 7) is 1.28. The first-order valence-corrected chi connectivity index (χ1v) is 13.2. The Morgan fingerprint density at radius 3 is 2.36 bits per heavy atom. The average Bonchev–Trinajstić information content (AvgIpc) is 2.96. The summed E-state index contributed by atoms with van der Waals surface area (Å²) in [5, 5.41) is 8.36. The molecule has 2 aliphatic rings. The van der Waals surface area contributed by atoms with Crippen molar-refractivity contribution in [3.05, 3.63) is 76.5 Å². The van der Waals surface area contributed by atoms with Crippen molar-refractivity contribution in [1.82, 2.24) is 20.9 Å². The number of benzene rings is 2. The van der Waals surface area contributed by atoms with Crippen LogP contribution in [0.15, 0.2) is 47.7 Å². The normalized spacial score (nSPS) is 17.8. The van der Waals surface area contributed by atoms with Crippen molar-refractivity contribution in [3.8, 4) is 0 Å². The number of halogens is 4. The van der Waals surface area contributed by atoms with E-state index in [1.807, 2.05) is 4.90 Å². The number of esters is 1. The summed E-state index contributed by atoms with van der Waals surface area (Å²) >= 11 is 0. The third kappa shape index (κ3) is 6.82. The number of nitrogens with one attached hydrogen (secondary N) is 3. The second kappa shape index (κ2) is 13.7. The summed E-state index contributed by atoms with van der Waals surface area (Å²) in [5.41, 5.74) is 0.145. The molecule has 4 amide bonds. The second-order valence-corrected chi connectivity index (χ2v) is 9.74. The average molecular weight is 594 g/mol. The van der Waals surface area contributed by atoms with Gasteiger partial charge in [0.1, 0.15) is 17.7 Å².